The quantitative estimate of drug-likeness (QED) is 0.760. The summed E-state index contributed by atoms with van der Waals surface area (Å²) >= 11 is 0. The fraction of sp³-hybridized carbons (Fsp3) is 0.562. The van der Waals surface area contributed by atoms with Gasteiger partial charge in [0.1, 0.15) is 11.5 Å². The molecular formula is C16H20O2. The van der Waals surface area contributed by atoms with E-state index in [0.29, 0.717) is 5.78 Å². The van der Waals surface area contributed by atoms with Crippen molar-refractivity contribution in [3.05, 3.63) is 29.3 Å². The Morgan fingerprint density at radius 3 is 2.94 bits per heavy atom. The highest BCUT2D eigenvalue weighted by Crippen LogP contribution is 2.44. The molecule has 1 aromatic rings. The van der Waals surface area contributed by atoms with Gasteiger partial charge in [-0.15, -0.1) is 0 Å². The second-order valence-electron chi connectivity index (χ2n) is 6.04. The predicted octanol–water partition coefficient (Wildman–Crippen LogP) is 3.36. The Labute approximate surface area is 108 Å². The third kappa shape index (κ3) is 1.66. The molecule has 1 aromatic carbocycles. The van der Waals surface area contributed by atoms with Crippen LogP contribution in [0.4, 0.5) is 0 Å². The second kappa shape index (κ2) is 4.11. The first-order valence-electron chi connectivity index (χ1n) is 6.98. The summed E-state index contributed by atoms with van der Waals surface area (Å²) in [6.07, 6.45) is 6.36. The minimum Gasteiger partial charge on any atom is -0.508 e. The van der Waals surface area contributed by atoms with E-state index >= 15 is 0 Å². The predicted molar refractivity (Wildman–Crippen MR) is 70.7 cm³/mol. The van der Waals surface area contributed by atoms with Gasteiger partial charge in [0.05, 0.1) is 5.41 Å². The summed E-state index contributed by atoms with van der Waals surface area (Å²) in [5.74, 6) is 0.885. The summed E-state index contributed by atoms with van der Waals surface area (Å²) in [5, 5.41) is 9.70. The van der Waals surface area contributed by atoms with Crippen LogP contribution in [-0.2, 0) is 16.6 Å². The number of carbonyl (C=O) groups is 1. The molecule has 0 aromatic heterocycles. The van der Waals surface area contributed by atoms with Crippen molar-refractivity contribution in [2.24, 2.45) is 5.92 Å². The SMILES string of the molecule is C[C@@]12CCCCC[C@@H](Cc3ccc(O)cc31)C2=O. The van der Waals surface area contributed by atoms with Crippen LogP contribution >= 0.6 is 0 Å². The van der Waals surface area contributed by atoms with Gasteiger partial charge in [-0.25, -0.2) is 0 Å². The van der Waals surface area contributed by atoms with Crippen molar-refractivity contribution in [3.63, 3.8) is 0 Å². The molecule has 2 heteroatoms. The van der Waals surface area contributed by atoms with E-state index in [1.54, 1.807) is 6.07 Å². The fourth-order valence-electron chi connectivity index (χ4n) is 3.73. The van der Waals surface area contributed by atoms with Crippen LogP contribution in [0.25, 0.3) is 0 Å². The molecule has 0 heterocycles. The number of benzene rings is 1. The van der Waals surface area contributed by atoms with Gasteiger partial charge >= 0.3 is 0 Å². The van der Waals surface area contributed by atoms with Gasteiger partial charge in [-0.1, -0.05) is 25.3 Å². The monoisotopic (exact) mass is 244 g/mol. The summed E-state index contributed by atoms with van der Waals surface area (Å²) in [4.78, 5) is 12.7. The summed E-state index contributed by atoms with van der Waals surface area (Å²) in [6.45, 7) is 2.07. The molecule has 0 aliphatic heterocycles. The zero-order valence-electron chi connectivity index (χ0n) is 10.9. The number of hydrogen-bond donors (Lipinski definition) is 1. The molecule has 1 saturated carbocycles. The van der Waals surface area contributed by atoms with Crippen LogP contribution in [0.2, 0.25) is 0 Å². The normalized spacial score (nSPS) is 31.4. The zero-order chi connectivity index (χ0) is 12.8. The molecule has 0 saturated heterocycles. The van der Waals surface area contributed by atoms with E-state index in [4.69, 9.17) is 0 Å². The molecular weight excluding hydrogens is 224 g/mol. The van der Waals surface area contributed by atoms with Gasteiger partial charge in [0, 0.05) is 5.92 Å². The summed E-state index contributed by atoms with van der Waals surface area (Å²) in [6, 6.07) is 5.56. The number of hydrogen-bond acceptors (Lipinski definition) is 2. The topological polar surface area (TPSA) is 37.3 Å². The van der Waals surface area contributed by atoms with Crippen LogP contribution in [0.1, 0.15) is 50.2 Å². The number of carbonyl (C=O) groups excluding carboxylic acids is 1. The van der Waals surface area contributed by atoms with Crippen molar-refractivity contribution < 1.29 is 9.90 Å². The van der Waals surface area contributed by atoms with Crippen LogP contribution in [0.15, 0.2) is 18.2 Å². The Morgan fingerprint density at radius 1 is 1.28 bits per heavy atom. The molecule has 0 radical (unpaired) electrons. The van der Waals surface area contributed by atoms with E-state index in [0.717, 1.165) is 31.2 Å². The molecule has 18 heavy (non-hydrogen) atoms. The molecule has 1 N–H and O–H groups in total. The first kappa shape index (κ1) is 11.8. The third-order valence-electron chi connectivity index (χ3n) is 4.80. The van der Waals surface area contributed by atoms with Crippen molar-refractivity contribution >= 4 is 5.78 Å². The Morgan fingerprint density at radius 2 is 2.11 bits per heavy atom. The number of aromatic hydroxyl groups is 1. The molecule has 0 unspecified atom stereocenters. The van der Waals surface area contributed by atoms with Gasteiger partial charge < -0.3 is 5.11 Å². The molecule has 2 aliphatic carbocycles. The summed E-state index contributed by atoms with van der Waals surface area (Å²) < 4.78 is 0. The van der Waals surface area contributed by atoms with Crippen molar-refractivity contribution in [1.29, 1.82) is 0 Å². The van der Waals surface area contributed by atoms with Crippen molar-refractivity contribution in [1.82, 2.24) is 0 Å². The molecule has 0 spiro atoms. The van der Waals surface area contributed by atoms with E-state index in [1.807, 2.05) is 12.1 Å². The number of phenolic OH excluding ortho intramolecular Hbond substituents is 1. The van der Waals surface area contributed by atoms with Gasteiger partial charge in [-0.3, -0.25) is 4.79 Å². The first-order chi connectivity index (χ1) is 8.61. The maximum atomic E-state index is 12.7. The molecule has 0 amide bonds. The lowest BCUT2D eigenvalue weighted by Gasteiger charge is -2.40. The standard InChI is InChI=1S/C16H20O2/c1-16-8-4-2-3-5-12(15(16)18)9-11-6-7-13(17)10-14(11)16/h6-7,10,12,17H,2-5,8-9H2,1H3/t12-,16+/m0/s1. The number of Topliss-reactive ketones (excluding diaryl/α,β-unsaturated/α-hetero) is 1. The third-order valence-corrected chi connectivity index (χ3v) is 4.80. The summed E-state index contributed by atoms with van der Waals surface area (Å²) in [5.41, 5.74) is 1.98. The smallest absolute Gasteiger partial charge is 0.146 e. The average Bonchev–Trinajstić information content (AvgIpc) is 2.35. The Bertz CT molecular complexity index is 492. The van der Waals surface area contributed by atoms with Crippen LogP contribution in [0.3, 0.4) is 0 Å². The molecule has 2 bridgehead atoms. The number of rotatable bonds is 0. The Kier molecular flexibility index (Phi) is 2.69. The van der Waals surface area contributed by atoms with Crippen molar-refractivity contribution in [3.8, 4) is 5.75 Å². The van der Waals surface area contributed by atoms with Crippen LogP contribution in [-0.4, -0.2) is 10.9 Å². The van der Waals surface area contributed by atoms with Crippen LogP contribution in [0, 0.1) is 5.92 Å². The van der Waals surface area contributed by atoms with Crippen molar-refractivity contribution in [2.45, 2.75) is 50.9 Å². The van der Waals surface area contributed by atoms with E-state index in [2.05, 4.69) is 6.92 Å². The lowest BCUT2D eigenvalue weighted by atomic mass is 9.62. The van der Waals surface area contributed by atoms with Gasteiger partial charge in [-0.05, 0) is 49.4 Å². The van der Waals surface area contributed by atoms with Crippen molar-refractivity contribution in [2.75, 3.05) is 0 Å². The molecule has 3 rings (SSSR count). The molecule has 2 aliphatic rings. The molecule has 96 valence electrons. The average molecular weight is 244 g/mol. The molecule has 1 fully saturated rings. The second-order valence-corrected chi connectivity index (χ2v) is 6.04. The van der Waals surface area contributed by atoms with Gasteiger partial charge in [0.15, 0.2) is 0 Å². The number of fused-ring (bicyclic) bond motifs is 4. The van der Waals surface area contributed by atoms with E-state index in [1.165, 1.54) is 18.4 Å². The Balaban J connectivity index is 2.15. The fourth-order valence-corrected chi connectivity index (χ4v) is 3.73. The summed E-state index contributed by atoms with van der Waals surface area (Å²) in [7, 11) is 0. The van der Waals surface area contributed by atoms with Crippen LogP contribution in [0.5, 0.6) is 5.75 Å². The lowest BCUT2D eigenvalue weighted by Crippen LogP contribution is -2.43. The highest BCUT2D eigenvalue weighted by molar-refractivity contribution is 5.94. The molecule has 2 atom stereocenters. The van der Waals surface area contributed by atoms with Gasteiger partial charge in [0.2, 0.25) is 0 Å². The molecule has 2 nitrogen and oxygen atoms in total. The van der Waals surface area contributed by atoms with E-state index in [-0.39, 0.29) is 17.1 Å². The highest BCUT2D eigenvalue weighted by Gasteiger charge is 2.44. The first-order valence-corrected chi connectivity index (χ1v) is 6.98. The lowest BCUT2D eigenvalue weighted by molar-refractivity contribution is -0.129. The highest BCUT2D eigenvalue weighted by atomic mass is 16.3. The maximum absolute atomic E-state index is 12.7. The maximum Gasteiger partial charge on any atom is 0.146 e. The van der Waals surface area contributed by atoms with Crippen LogP contribution < -0.4 is 0 Å². The van der Waals surface area contributed by atoms with E-state index in [9.17, 15) is 9.90 Å². The van der Waals surface area contributed by atoms with Gasteiger partial charge in [-0.2, -0.15) is 0 Å². The van der Waals surface area contributed by atoms with E-state index < -0.39 is 0 Å². The number of ketones is 1. The largest absolute Gasteiger partial charge is 0.508 e. The number of phenols is 1. The Hall–Kier alpha value is -1.31. The minimum absolute atomic E-state index is 0.201. The minimum atomic E-state index is -0.364. The van der Waals surface area contributed by atoms with Gasteiger partial charge in [0.25, 0.3) is 0 Å². The zero-order valence-corrected chi connectivity index (χ0v) is 10.9.